The van der Waals surface area contributed by atoms with Crippen molar-refractivity contribution in [2.45, 2.75) is 53.0 Å². The Labute approximate surface area is 173 Å². The molecule has 1 aromatic rings. The lowest BCUT2D eigenvalue weighted by Crippen LogP contribution is -2.41. The van der Waals surface area contributed by atoms with Crippen LogP contribution in [0.4, 0.5) is 0 Å². The monoisotopic (exact) mass is 498 g/mol. The molecule has 1 aliphatic rings. The van der Waals surface area contributed by atoms with Crippen molar-refractivity contribution in [2.75, 3.05) is 25.1 Å². The standard InChI is InChI=1S/C17H30N4O3S.HI/c1-5-14-13(15(6-2)24-21-14)10-19-16(18-7-3)20-11-17(8-9-17)12-25(4,22)23;/h5-12H2,1-4H3,(H2,18,19,20);1H. The zero-order valence-corrected chi connectivity index (χ0v) is 19.2. The summed E-state index contributed by atoms with van der Waals surface area (Å²) in [6.07, 6.45) is 4.79. The van der Waals surface area contributed by atoms with E-state index in [1.807, 2.05) is 13.8 Å². The normalized spacial score (nSPS) is 16.1. The first kappa shape index (κ1) is 23.2. The minimum Gasteiger partial charge on any atom is -0.361 e. The number of nitrogens with one attached hydrogen (secondary N) is 2. The number of nitrogens with zero attached hydrogens (tertiary/aromatic N) is 2. The maximum absolute atomic E-state index is 11.6. The number of rotatable bonds is 9. The first-order chi connectivity index (χ1) is 11.8. The van der Waals surface area contributed by atoms with Crippen LogP contribution in [0.2, 0.25) is 0 Å². The number of sulfone groups is 1. The van der Waals surface area contributed by atoms with Crippen LogP contribution >= 0.6 is 24.0 Å². The molecule has 1 fully saturated rings. The zero-order valence-electron chi connectivity index (χ0n) is 16.1. The van der Waals surface area contributed by atoms with E-state index in [9.17, 15) is 8.42 Å². The maximum Gasteiger partial charge on any atom is 0.191 e. The Morgan fingerprint density at radius 3 is 2.42 bits per heavy atom. The van der Waals surface area contributed by atoms with Crippen LogP contribution < -0.4 is 10.6 Å². The Balaban J connectivity index is 0.00000338. The van der Waals surface area contributed by atoms with Gasteiger partial charge in [-0.15, -0.1) is 24.0 Å². The van der Waals surface area contributed by atoms with Crippen molar-refractivity contribution in [1.82, 2.24) is 15.8 Å². The fourth-order valence-corrected chi connectivity index (χ4v) is 4.50. The molecular weight excluding hydrogens is 467 g/mol. The Bertz CT molecular complexity index is 690. The fraction of sp³-hybridized carbons (Fsp3) is 0.765. The van der Waals surface area contributed by atoms with Gasteiger partial charge in [0.05, 0.1) is 18.0 Å². The van der Waals surface area contributed by atoms with Gasteiger partial charge in [-0.05, 0) is 26.2 Å². The topological polar surface area (TPSA) is 96.6 Å². The molecule has 2 rings (SSSR count). The predicted octanol–water partition coefficient (Wildman–Crippen LogP) is 2.30. The molecule has 9 heteroatoms. The van der Waals surface area contributed by atoms with Gasteiger partial charge in [0.1, 0.15) is 15.6 Å². The van der Waals surface area contributed by atoms with Crippen LogP contribution in [-0.4, -0.2) is 44.6 Å². The minimum absolute atomic E-state index is 0. The highest BCUT2D eigenvalue weighted by molar-refractivity contribution is 14.0. The molecule has 1 saturated carbocycles. The molecule has 150 valence electrons. The highest BCUT2D eigenvalue weighted by Crippen LogP contribution is 2.45. The molecule has 0 aliphatic heterocycles. The highest BCUT2D eigenvalue weighted by atomic mass is 127. The van der Waals surface area contributed by atoms with Gasteiger partial charge in [0.25, 0.3) is 0 Å². The van der Waals surface area contributed by atoms with Crippen molar-refractivity contribution < 1.29 is 12.9 Å². The van der Waals surface area contributed by atoms with Crippen molar-refractivity contribution in [2.24, 2.45) is 10.4 Å². The third kappa shape index (κ3) is 6.71. The van der Waals surface area contributed by atoms with Crippen molar-refractivity contribution in [1.29, 1.82) is 0 Å². The van der Waals surface area contributed by atoms with Crippen LogP contribution in [0.5, 0.6) is 0 Å². The molecule has 0 atom stereocenters. The summed E-state index contributed by atoms with van der Waals surface area (Å²) in [5.74, 6) is 1.82. The first-order valence-electron chi connectivity index (χ1n) is 8.98. The average molecular weight is 498 g/mol. The molecule has 2 N–H and O–H groups in total. The number of hydrogen-bond acceptors (Lipinski definition) is 5. The second-order valence-electron chi connectivity index (χ2n) is 6.86. The quantitative estimate of drug-likeness (QED) is 0.308. The largest absolute Gasteiger partial charge is 0.361 e. The zero-order chi connectivity index (χ0) is 18.5. The smallest absolute Gasteiger partial charge is 0.191 e. The third-order valence-corrected chi connectivity index (χ3v) is 5.64. The molecule has 0 unspecified atom stereocenters. The van der Waals surface area contributed by atoms with Crippen molar-refractivity contribution in [3.05, 3.63) is 17.0 Å². The molecule has 0 aromatic carbocycles. The van der Waals surface area contributed by atoms with E-state index in [0.29, 0.717) is 19.0 Å². The molecule has 0 radical (unpaired) electrons. The lowest BCUT2D eigenvalue weighted by molar-refractivity contribution is 0.380. The van der Waals surface area contributed by atoms with Gasteiger partial charge in [0.2, 0.25) is 0 Å². The van der Waals surface area contributed by atoms with E-state index in [-0.39, 0.29) is 35.1 Å². The van der Waals surface area contributed by atoms with E-state index in [1.54, 1.807) is 0 Å². The molecular formula is C17H31IN4O3S. The summed E-state index contributed by atoms with van der Waals surface area (Å²) in [5.41, 5.74) is 1.87. The average Bonchev–Trinajstić information content (AvgIpc) is 3.17. The lowest BCUT2D eigenvalue weighted by Gasteiger charge is -2.17. The van der Waals surface area contributed by atoms with Gasteiger partial charge in [-0.1, -0.05) is 19.0 Å². The number of aromatic nitrogens is 1. The van der Waals surface area contributed by atoms with Crippen LogP contribution in [0, 0.1) is 5.41 Å². The summed E-state index contributed by atoms with van der Waals surface area (Å²) in [6, 6.07) is 0. The van der Waals surface area contributed by atoms with Gasteiger partial charge in [-0.2, -0.15) is 0 Å². The van der Waals surface area contributed by atoms with Gasteiger partial charge in [0, 0.05) is 36.7 Å². The number of guanidine groups is 1. The summed E-state index contributed by atoms with van der Waals surface area (Å²) in [5, 5.41) is 10.6. The highest BCUT2D eigenvalue weighted by Gasteiger charge is 2.45. The Kier molecular flexibility index (Phi) is 8.84. The van der Waals surface area contributed by atoms with Crippen LogP contribution in [0.15, 0.2) is 9.52 Å². The SMILES string of the molecule is CCNC(=NCc1c(CC)noc1CC)NCC1(CS(C)(=O)=O)CC1.I. The van der Waals surface area contributed by atoms with Gasteiger partial charge in [-0.25, -0.2) is 13.4 Å². The van der Waals surface area contributed by atoms with E-state index < -0.39 is 9.84 Å². The van der Waals surface area contributed by atoms with Crippen LogP contribution in [0.3, 0.4) is 0 Å². The Morgan fingerprint density at radius 2 is 1.92 bits per heavy atom. The molecule has 26 heavy (non-hydrogen) atoms. The van der Waals surface area contributed by atoms with Gasteiger partial charge in [0.15, 0.2) is 5.96 Å². The predicted molar refractivity (Wildman–Crippen MR) is 115 cm³/mol. The van der Waals surface area contributed by atoms with Gasteiger partial charge in [-0.3, -0.25) is 0 Å². The van der Waals surface area contributed by atoms with Crippen LogP contribution in [0.25, 0.3) is 0 Å². The molecule has 0 amide bonds. The van der Waals surface area contributed by atoms with Crippen LogP contribution in [0.1, 0.15) is 50.6 Å². The summed E-state index contributed by atoms with van der Waals surface area (Å²) in [6.45, 7) is 7.97. The molecule has 0 bridgehead atoms. The molecule has 7 nitrogen and oxygen atoms in total. The summed E-state index contributed by atoms with van der Waals surface area (Å²) in [4.78, 5) is 4.65. The number of hydrogen-bond donors (Lipinski definition) is 2. The molecule has 1 heterocycles. The van der Waals surface area contributed by atoms with E-state index in [2.05, 4.69) is 27.7 Å². The minimum atomic E-state index is -2.97. The van der Waals surface area contributed by atoms with E-state index in [4.69, 9.17) is 4.52 Å². The van der Waals surface area contributed by atoms with Crippen molar-refractivity contribution in [3.63, 3.8) is 0 Å². The Hall–Kier alpha value is -0.840. The lowest BCUT2D eigenvalue weighted by atomic mass is 10.1. The molecule has 1 aromatic heterocycles. The van der Waals surface area contributed by atoms with E-state index >= 15 is 0 Å². The molecule has 0 spiro atoms. The second kappa shape index (κ2) is 9.91. The maximum atomic E-state index is 11.6. The number of aryl methyl sites for hydroxylation is 2. The summed E-state index contributed by atoms with van der Waals surface area (Å²) >= 11 is 0. The van der Waals surface area contributed by atoms with E-state index in [1.165, 1.54) is 6.26 Å². The summed E-state index contributed by atoms with van der Waals surface area (Å²) in [7, 11) is -2.97. The van der Waals surface area contributed by atoms with Crippen molar-refractivity contribution in [3.8, 4) is 0 Å². The number of aliphatic imine (C=N–C) groups is 1. The molecule has 1 aliphatic carbocycles. The summed E-state index contributed by atoms with van der Waals surface area (Å²) < 4.78 is 28.6. The first-order valence-corrected chi connectivity index (χ1v) is 11.0. The second-order valence-corrected chi connectivity index (χ2v) is 9.00. The Morgan fingerprint density at radius 1 is 1.23 bits per heavy atom. The van der Waals surface area contributed by atoms with E-state index in [0.717, 1.165) is 49.2 Å². The van der Waals surface area contributed by atoms with Gasteiger partial charge >= 0.3 is 0 Å². The van der Waals surface area contributed by atoms with Gasteiger partial charge < -0.3 is 15.2 Å². The third-order valence-electron chi connectivity index (χ3n) is 4.50. The van der Waals surface area contributed by atoms with Crippen LogP contribution in [-0.2, 0) is 29.2 Å². The fourth-order valence-electron chi connectivity index (χ4n) is 2.99. The van der Waals surface area contributed by atoms with Crippen molar-refractivity contribution >= 4 is 39.8 Å². The number of halogens is 1. The molecule has 0 saturated heterocycles.